The smallest absolute Gasteiger partial charge is 0.268 e. The Kier molecular flexibility index (Phi) is 1.92. The second kappa shape index (κ2) is 2.48. The van der Waals surface area contributed by atoms with Crippen molar-refractivity contribution in [3.05, 3.63) is 16.8 Å². The molecule has 0 N–H and O–H groups in total. The Hall–Kier alpha value is -0.570. The number of hydrogen-bond donors (Lipinski definition) is 0. The van der Waals surface area contributed by atoms with E-state index in [2.05, 4.69) is 20.8 Å². The molecule has 1 heterocycles. The molecule has 0 saturated carbocycles. The Labute approximate surface area is 71.8 Å². The average molecular weight is 171 g/mol. The Morgan fingerprint density at radius 1 is 1.45 bits per heavy atom. The van der Waals surface area contributed by atoms with E-state index in [0.717, 1.165) is 5.76 Å². The van der Waals surface area contributed by atoms with Gasteiger partial charge in [0.25, 0.3) is 4.84 Å². The number of aryl methyl sites for hydroxylation is 1. The monoisotopic (exact) mass is 171 g/mol. The Balaban J connectivity index is 3.18. The van der Waals surface area contributed by atoms with Crippen LogP contribution in [0.5, 0.6) is 0 Å². The van der Waals surface area contributed by atoms with Gasteiger partial charge in [0.15, 0.2) is 0 Å². The van der Waals surface area contributed by atoms with Crippen LogP contribution < -0.4 is 0 Å². The van der Waals surface area contributed by atoms with Crippen molar-refractivity contribution in [1.29, 1.82) is 0 Å². The molecule has 0 fully saturated rings. The minimum absolute atomic E-state index is 0.0504. The first-order valence-corrected chi connectivity index (χ1v) is 3.99. The van der Waals surface area contributed by atoms with E-state index in [0.29, 0.717) is 4.84 Å². The maximum absolute atomic E-state index is 5.36. The molecule has 0 bridgehead atoms. The highest BCUT2D eigenvalue weighted by molar-refractivity contribution is 7.71. The Bertz CT molecular complexity index is 303. The van der Waals surface area contributed by atoms with Gasteiger partial charge in [-0.1, -0.05) is 20.8 Å². The van der Waals surface area contributed by atoms with Crippen LogP contribution in [0.1, 0.15) is 26.5 Å². The first-order chi connectivity index (χ1) is 4.91. The van der Waals surface area contributed by atoms with Gasteiger partial charge >= 0.3 is 0 Å². The standard InChI is InChI=1S/C8H13NOS/c1-8(2,3)6-5-9(4)7(11)10-6/h5H,1-4H3. The second-order valence-corrected chi connectivity index (χ2v) is 4.07. The summed E-state index contributed by atoms with van der Waals surface area (Å²) >= 11 is 4.94. The minimum Gasteiger partial charge on any atom is -0.434 e. The zero-order chi connectivity index (χ0) is 8.65. The summed E-state index contributed by atoms with van der Waals surface area (Å²) in [5.41, 5.74) is 0.0504. The van der Waals surface area contributed by atoms with Crippen molar-refractivity contribution in [2.45, 2.75) is 26.2 Å². The van der Waals surface area contributed by atoms with E-state index in [4.69, 9.17) is 16.6 Å². The summed E-state index contributed by atoms with van der Waals surface area (Å²) < 4.78 is 7.17. The Morgan fingerprint density at radius 3 is 2.18 bits per heavy atom. The van der Waals surface area contributed by atoms with E-state index in [1.807, 2.05) is 17.8 Å². The van der Waals surface area contributed by atoms with Crippen LogP contribution in [-0.2, 0) is 12.5 Å². The fourth-order valence-corrected chi connectivity index (χ4v) is 0.910. The highest BCUT2D eigenvalue weighted by Crippen LogP contribution is 2.22. The maximum Gasteiger partial charge on any atom is 0.268 e. The average Bonchev–Trinajstić information content (AvgIpc) is 2.11. The molecular weight excluding hydrogens is 158 g/mol. The molecule has 0 aliphatic rings. The predicted molar refractivity (Wildman–Crippen MR) is 47.2 cm³/mol. The molecule has 0 aliphatic heterocycles. The van der Waals surface area contributed by atoms with Crippen LogP contribution in [0.15, 0.2) is 10.6 Å². The van der Waals surface area contributed by atoms with Gasteiger partial charge in [0, 0.05) is 18.7 Å². The molecule has 0 aromatic carbocycles. The maximum atomic E-state index is 5.36. The summed E-state index contributed by atoms with van der Waals surface area (Å²) in [4.78, 5) is 0.537. The van der Waals surface area contributed by atoms with Crippen molar-refractivity contribution in [3.63, 3.8) is 0 Å². The summed E-state index contributed by atoms with van der Waals surface area (Å²) in [7, 11) is 1.89. The van der Waals surface area contributed by atoms with Crippen molar-refractivity contribution in [3.8, 4) is 0 Å². The molecule has 0 aliphatic carbocycles. The van der Waals surface area contributed by atoms with Crippen LogP contribution in [0, 0.1) is 4.84 Å². The van der Waals surface area contributed by atoms with E-state index in [1.165, 1.54) is 0 Å². The van der Waals surface area contributed by atoms with Gasteiger partial charge in [-0.05, 0) is 12.2 Å². The molecular formula is C8H13NOS. The molecule has 11 heavy (non-hydrogen) atoms. The SMILES string of the molecule is Cn1cc(C(C)(C)C)oc1=S. The summed E-state index contributed by atoms with van der Waals surface area (Å²) in [6, 6.07) is 0. The van der Waals surface area contributed by atoms with Crippen molar-refractivity contribution < 1.29 is 4.42 Å². The quantitative estimate of drug-likeness (QED) is 0.558. The topological polar surface area (TPSA) is 18.1 Å². The number of oxazole rings is 1. The predicted octanol–water partition coefficient (Wildman–Crippen LogP) is 2.65. The van der Waals surface area contributed by atoms with Gasteiger partial charge < -0.3 is 8.98 Å². The largest absolute Gasteiger partial charge is 0.434 e. The van der Waals surface area contributed by atoms with E-state index < -0.39 is 0 Å². The molecule has 62 valence electrons. The van der Waals surface area contributed by atoms with Crippen molar-refractivity contribution in [2.75, 3.05) is 0 Å². The zero-order valence-electron chi connectivity index (χ0n) is 7.34. The third kappa shape index (κ3) is 1.71. The minimum atomic E-state index is 0.0504. The van der Waals surface area contributed by atoms with Crippen molar-refractivity contribution in [2.24, 2.45) is 7.05 Å². The molecule has 0 spiro atoms. The summed E-state index contributed by atoms with van der Waals surface area (Å²) in [5, 5.41) is 0. The van der Waals surface area contributed by atoms with Crippen LogP contribution in [-0.4, -0.2) is 4.57 Å². The molecule has 2 nitrogen and oxygen atoms in total. The van der Waals surface area contributed by atoms with Gasteiger partial charge in [-0.3, -0.25) is 0 Å². The highest BCUT2D eigenvalue weighted by Gasteiger charge is 2.17. The van der Waals surface area contributed by atoms with E-state index in [9.17, 15) is 0 Å². The molecule has 0 saturated heterocycles. The van der Waals surface area contributed by atoms with Crippen LogP contribution in [0.3, 0.4) is 0 Å². The van der Waals surface area contributed by atoms with Crippen LogP contribution >= 0.6 is 12.2 Å². The highest BCUT2D eigenvalue weighted by atomic mass is 32.1. The van der Waals surface area contributed by atoms with Crippen molar-refractivity contribution >= 4 is 12.2 Å². The number of aromatic nitrogens is 1. The lowest BCUT2D eigenvalue weighted by Gasteiger charge is -2.12. The second-order valence-electron chi connectivity index (χ2n) is 3.72. The molecule has 1 aromatic rings. The molecule has 1 rings (SSSR count). The fraction of sp³-hybridized carbons (Fsp3) is 0.625. The number of nitrogens with zero attached hydrogens (tertiary/aromatic N) is 1. The lowest BCUT2D eigenvalue weighted by atomic mass is 9.94. The summed E-state index contributed by atoms with van der Waals surface area (Å²) in [6.45, 7) is 6.29. The number of rotatable bonds is 0. The normalized spacial score (nSPS) is 12.0. The Morgan fingerprint density at radius 2 is 2.00 bits per heavy atom. The molecule has 0 atom stereocenters. The van der Waals surface area contributed by atoms with E-state index in [1.54, 1.807) is 0 Å². The van der Waals surface area contributed by atoms with Crippen LogP contribution in [0.4, 0.5) is 0 Å². The zero-order valence-corrected chi connectivity index (χ0v) is 8.16. The van der Waals surface area contributed by atoms with Gasteiger partial charge in [0.05, 0.1) is 0 Å². The molecule has 0 unspecified atom stereocenters. The lowest BCUT2D eigenvalue weighted by molar-refractivity contribution is 0.397. The molecule has 0 amide bonds. The van der Waals surface area contributed by atoms with E-state index >= 15 is 0 Å². The first-order valence-electron chi connectivity index (χ1n) is 3.58. The van der Waals surface area contributed by atoms with Gasteiger partial charge in [-0.25, -0.2) is 0 Å². The van der Waals surface area contributed by atoms with Crippen LogP contribution in [0.25, 0.3) is 0 Å². The van der Waals surface area contributed by atoms with E-state index in [-0.39, 0.29) is 5.41 Å². The van der Waals surface area contributed by atoms with Gasteiger partial charge in [0.2, 0.25) is 0 Å². The molecule has 3 heteroatoms. The molecule has 1 aromatic heterocycles. The van der Waals surface area contributed by atoms with Crippen LogP contribution in [0.2, 0.25) is 0 Å². The van der Waals surface area contributed by atoms with Gasteiger partial charge in [-0.15, -0.1) is 0 Å². The van der Waals surface area contributed by atoms with Crippen molar-refractivity contribution in [1.82, 2.24) is 4.57 Å². The van der Waals surface area contributed by atoms with Gasteiger partial charge in [-0.2, -0.15) is 0 Å². The lowest BCUT2D eigenvalue weighted by Crippen LogP contribution is -2.09. The summed E-state index contributed by atoms with van der Waals surface area (Å²) in [5.74, 6) is 0.935. The fourth-order valence-electron chi connectivity index (χ4n) is 0.768. The van der Waals surface area contributed by atoms with Gasteiger partial charge in [0.1, 0.15) is 5.76 Å². The first kappa shape index (κ1) is 8.53. The third-order valence-corrected chi connectivity index (χ3v) is 1.91. The molecule has 0 radical (unpaired) electrons. The number of hydrogen-bond acceptors (Lipinski definition) is 2. The summed E-state index contributed by atoms with van der Waals surface area (Å²) in [6.07, 6.45) is 1.93. The third-order valence-electron chi connectivity index (χ3n) is 1.54.